The van der Waals surface area contributed by atoms with Crippen molar-refractivity contribution in [3.63, 3.8) is 0 Å². The summed E-state index contributed by atoms with van der Waals surface area (Å²) in [7, 11) is -4.55. The molecule has 0 spiro atoms. The molecule has 0 aliphatic carbocycles. The van der Waals surface area contributed by atoms with Crippen molar-refractivity contribution in [3.8, 4) is 5.75 Å². The molecule has 0 N–H and O–H groups in total. The van der Waals surface area contributed by atoms with Gasteiger partial charge in [-0.25, -0.2) is 4.79 Å². The minimum absolute atomic E-state index is 0.142. The molecule has 0 saturated heterocycles. The Balaban J connectivity index is 2.47. The van der Waals surface area contributed by atoms with Crippen LogP contribution in [0.15, 0.2) is 39.5 Å². The van der Waals surface area contributed by atoms with Crippen LogP contribution >= 0.6 is 0 Å². The first-order valence-corrected chi connectivity index (χ1v) is 5.32. The maximum atomic E-state index is 10.9. The van der Waals surface area contributed by atoms with Crippen LogP contribution in [0.5, 0.6) is 5.75 Å². The van der Waals surface area contributed by atoms with E-state index in [2.05, 4.69) is 4.29 Å². The monoisotopic (exact) mass is 244 g/mol. The number of halogens is 1. The molecule has 2 rings (SSSR count). The van der Waals surface area contributed by atoms with E-state index in [0.717, 1.165) is 6.07 Å². The Morgan fingerprint density at radius 1 is 1.12 bits per heavy atom. The van der Waals surface area contributed by atoms with Crippen LogP contribution in [0.2, 0.25) is 0 Å². The Hall–Kier alpha value is -1.60. The minimum atomic E-state index is -4.55. The van der Waals surface area contributed by atoms with Gasteiger partial charge in [0.2, 0.25) is 0 Å². The molecule has 0 fully saturated rings. The van der Waals surface area contributed by atoms with Gasteiger partial charge in [0.25, 0.3) is 5.75 Å². The van der Waals surface area contributed by atoms with E-state index in [9.17, 15) is 18.8 Å². The van der Waals surface area contributed by atoms with Gasteiger partial charge in [0.1, 0.15) is 15.8 Å². The Kier molecular flexibility index (Phi) is 2.56. The normalized spacial score (nSPS) is 11.7. The summed E-state index contributed by atoms with van der Waals surface area (Å²) in [6, 6.07) is 6.64. The van der Waals surface area contributed by atoms with Gasteiger partial charge in [0.15, 0.2) is 0 Å². The molecular weight excluding hydrogens is 240 g/mol. The van der Waals surface area contributed by atoms with Crippen LogP contribution in [0.3, 0.4) is 0 Å². The first-order valence-electron chi connectivity index (χ1n) is 4.08. The lowest BCUT2D eigenvalue weighted by Crippen LogP contribution is -2.63. The summed E-state index contributed by atoms with van der Waals surface area (Å²) >= 11 is 0. The number of fused-ring (bicyclic) bond motifs is 1. The second kappa shape index (κ2) is 3.76. The predicted octanol–water partition coefficient (Wildman–Crippen LogP) is -1.93. The summed E-state index contributed by atoms with van der Waals surface area (Å²) in [5.74, 6) is -0.210. The van der Waals surface area contributed by atoms with Crippen LogP contribution in [-0.2, 0) is 0 Å². The lowest BCUT2D eigenvalue weighted by molar-refractivity contribution is -1.91. The fourth-order valence-corrected chi connectivity index (χ4v) is 1.51. The van der Waals surface area contributed by atoms with Crippen molar-refractivity contribution in [1.29, 1.82) is 0 Å². The van der Waals surface area contributed by atoms with E-state index in [1.54, 1.807) is 0 Å². The lowest BCUT2D eigenvalue weighted by Gasteiger charge is -2.11. The number of hydrogen-bond donors (Lipinski definition) is 0. The van der Waals surface area contributed by atoms with Crippen molar-refractivity contribution in [1.82, 2.24) is 0 Å². The molecule has 0 aliphatic heterocycles. The van der Waals surface area contributed by atoms with Crippen LogP contribution in [0, 0.1) is 10.2 Å². The Morgan fingerprint density at radius 2 is 1.81 bits per heavy atom. The standard InChI is InChI=1S/C9H5ClO6/c11-9-4-2-6-1-3-7(5-8(6)15-9)16-10(12,13)14/h1-5H. The first-order chi connectivity index (χ1) is 7.44. The molecule has 2 aromatic rings. The van der Waals surface area contributed by atoms with E-state index >= 15 is 0 Å². The highest BCUT2D eigenvalue weighted by atomic mass is 35.7. The van der Waals surface area contributed by atoms with Crippen molar-refractivity contribution in [2.75, 3.05) is 0 Å². The summed E-state index contributed by atoms with van der Waals surface area (Å²) in [6.45, 7) is 0. The van der Waals surface area contributed by atoms with Gasteiger partial charge >= 0.3 is 5.63 Å². The van der Waals surface area contributed by atoms with Gasteiger partial charge in [-0.3, -0.25) is 0 Å². The maximum absolute atomic E-state index is 10.9. The fraction of sp³-hybridized carbons (Fsp3) is 0. The maximum Gasteiger partial charge on any atom is 0.336 e. The first kappa shape index (κ1) is 10.9. The van der Waals surface area contributed by atoms with E-state index in [4.69, 9.17) is 4.42 Å². The average Bonchev–Trinajstić information content (AvgIpc) is 2.14. The molecule has 0 amide bonds. The summed E-state index contributed by atoms with van der Waals surface area (Å²) in [5, 5.41) is 0.590. The van der Waals surface area contributed by atoms with Gasteiger partial charge in [-0.1, -0.05) is 4.29 Å². The van der Waals surface area contributed by atoms with E-state index in [1.165, 1.54) is 24.3 Å². The van der Waals surface area contributed by atoms with Gasteiger partial charge < -0.3 is 4.42 Å². The number of benzene rings is 1. The lowest BCUT2D eigenvalue weighted by atomic mass is 10.2. The van der Waals surface area contributed by atoms with Gasteiger partial charge in [-0.15, -0.1) is 0 Å². The smallest absolute Gasteiger partial charge is 0.336 e. The molecule has 0 saturated carbocycles. The quantitative estimate of drug-likeness (QED) is 0.569. The molecule has 0 bridgehead atoms. The second-order valence-corrected chi connectivity index (χ2v) is 3.82. The van der Waals surface area contributed by atoms with Gasteiger partial charge in [0.05, 0.1) is 0 Å². The van der Waals surface area contributed by atoms with Crippen LogP contribution in [-0.4, -0.2) is 0 Å². The average molecular weight is 245 g/mol. The molecule has 1 aromatic heterocycles. The zero-order valence-corrected chi connectivity index (χ0v) is 8.47. The van der Waals surface area contributed by atoms with Crippen LogP contribution in [0.25, 0.3) is 11.0 Å². The van der Waals surface area contributed by atoms with Crippen LogP contribution < -0.4 is 23.9 Å². The van der Waals surface area contributed by atoms with Gasteiger partial charge in [-0.05, 0) is 18.2 Å². The molecule has 1 heterocycles. The van der Waals surface area contributed by atoms with E-state index in [0.29, 0.717) is 5.39 Å². The Morgan fingerprint density at radius 3 is 2.50 bits per heavy atom. The summed E-state index contributed by atoms with van der Waals surface area (Å²) in [6.07, 6.45) is 0. The van der Waals surface area contributed by atoms with Gasteiger partial charge in [-0.2, -0.15) is 14.0 Å². The Labute approximate surface area is 91.0 Å². The molecule has 1 aromatic carbocycles. The number of hydrogen-bond acceptors (Lipinski definition) is 6. The third-order valence-corrected chi connectivity index (χ3v) is 2.15. The number of rotatable bonds is 2. The summed E-state index contributed by atoms with van der Waals surface area (Å²) in [4.78, 5) is 10.9. The van der Waals surface area contributed by atoms with Crippen molar-refractivity contribution in [2.24, 2.45) is 0 Å². The van der Waals surface area contributed by atoms with Crippen molar-refractivity contribution in [2.45, 2.75) is 0 Å². The van der Waals surface area contributed by atoms with Crippen LogP contribution in [0.4, 0.5) is 0 Å². The molecule has 0 radical (unpaired) electrons. The third kappa shape index (κ3) is 2.50. The summed E-state index contributed by atoms with van der Waals surface area (Å²) in [5.41, 5.74) is -0.434. The van der Waals surface area contributed by atoms with Crippen molar-refractivity contribution >= 4 is 11.0 Å². The van der Waals surface area contributed by atoms with E-state index in [-0.39, 0.29) is 11.3 Å². The molecule has 7 heteroatoms. The van der Waals surface area contributed by atoms with Crippen LogP contribution in [0.1, 0.15) is 0 Å². The highest BCUT2D eigenvalue weighted by Crippen LogP contribution is 2.20. The fourth-order valence-electron chi connectivity index (χ4n) is 1.20. The van der Waals surface area contributed by atoms with Gasteiger partial charge in [0, 0.05) is 17.5 Å². The molecule has 0 aliphatic rings. The molecule has 84 valence electrons. The molecule has 0 unspecified atom stereocenters. The highest BCUT2D eigenvalue weighted by Gasteiger charge is 2.19. The SMILES string of the molecule is O=c1ccc2ccc(O[Cl+3]([O-])([O-])[O-])cc2o1. The molecule has 16 heavy (non-hydrogen) atoms. The topological polar surface area (TPSA) is 109 Å². The largest absolute Gasteiger partial charge is 0.423 e. The third-order valence-electron chi connectivity index (χ3n) is 1.78. The second-order valence-electron chi connectivity index (χ2n) is 2.91. The van der Waals surface area contributed by atoms with Crippen molar-refractivity contribution in [3.05, 3.63) is 40.8 Å². The molecular formula is C9H5ClO6. The summed E-state index contributed by atoms with van der Waals surface area (Å²) < 4.78 is 39.8. The van der Waals surface area contributed by atoms with E-state index < -0.39 is 15.9 Å². The van der Waals surface area contributed by atoms with E-state index in [1.807, 2.05) is 0 Å². The zero-order chi connectivity index (χ0) is 11.8. The van der Waals surface area contributed by atoms with Crippen molar-refractivity contribution < 1.29 is 32.9 Å². The Bertz CT molecular complexity index is 570. The predicted molar refractivity (Wildman–Crippen MR) is 43.1 cm³/mol. The molecule has 0 atom stereocenters. The highest BCUT2D eigenvalue weighted by molar-refractivity contribution is 5.77. The minimum Gasteiger partial charge on any atom is -0.423 e. The zero-order valence-electron chi connectivity index (χ0n) is 7.71. The molecule has 6 nitrogen and oxygen atoms in total.